The largest absolute Gasteiger partial charge is 0.326 e. The van der Waals surface area contributed by atoms with E-state index in [4.69, 9.17) is 0 Å². The highest BCUT2D eigenvalue weighted by Crippen LogP contribution is 2.21. The molecule has 0 bridgehead atoms. The van der Waals surface area contributed by atoms with E-state index in [1.165, 1.54) is 0 Å². The van der Waals surface area contributed by atoms with E-state index in [2.05, 4.69) is 49.7 Å². The van der Waals surface area contributed by atoms with Crippen molar-refractivity contribution in [2.45, 2.75) is 66.1 Å². The zero-order chi connectivity index (χ0) is 15.1. The Kier molecular flexibility index (Phi) is 7.52. The van der Waals surface area contributed by atoms with Crippen LogP contribution in [0.4, 0.5) is 0 Å². The van der Waals surface area contributed by atoms with Crippen molar-refractivity contribution in [1.82, 2.24) is 15.1 Å². The number of hydrogen-bond donors (Lipinski definition) is 1. The molecule has 118 valence electrons. The van der Waals surface area contributed by atoms with E-state index in [0.29, 0.717) is 11.8 Å². The van der Waals surface area contributed by atoms with Crippen molar-refractivity contribution in [3.05, 3.63) is 0 Å². The van der Waals surface area contributed by atoms with Crippen LogP contribution in [-0.2, 0) is 4.79 Å². The van der Waals surface area contributed by atoms with Crippen LogP contribution in [0.3, 0.4) is 0 Å². The summed E-state index contributed by atoms with van der Waals surface area (Å²) in [6, 6.07) is 0.0263. The average molecular weight is 283 g/mol. The van der Waals surface area contributed by atoms with Gasteiger partial charge in [-0.15, -0.1) is 0 Å². The van der Waals surface area contributed by atoms with Gasteiger partial charge in [-0.25, -0.2) is 0 Å². The molecule has 1 N–H and O–H groups in total. The van der Waals surface area contributed by atoms with Crippen molar-refractivity contribution in [2.24, 2.45) is 5.92 Å². The molecule has 3 unspecified atom stereocenters. The van der Waals surface area contributed by atoms with E-state index in [0.717, 1.165) is 45.4 Å². The van der Waals surface area contributed by atoms with E-state index in [-0.39, 0.29) is 12.2 Å². The topological polar surface area (TPSA) is 35.6 Å². The molecule has 3 atom stereocenters. The second kappa shape index (κ2) is 8.63. The fourth-order valence-corrected chi connectivity index (χ4v) is 2.95. The van der Waals surface area contributed by atoms with Crippen LogP contribution in [0.1, 0.15) is 53.9 Å². The summed E-state index contributed by atoms with van der Waals surface area (Å²) in [5.41, 5.74) is 0. The Morgan fingerprint density at radius 2 is 1.90 bits per heavy atom. The highest BCUT2D eigenvalue weighted by atomic mass is 16.2. The molecule has 0 spiro atoms. The van der Waals surface area contributed by atoms with E-state index in [1.54, 1.807) is 0 Å². The van der Waals surface area contributed by atoms with Gasteiger partial charge in [-0.2, -0.15) is 0 Å². The van der Waals surface area contributed by atoms with Gasteiger partial charge in [0.05, 0.1) is 12.2 Å². The zero-order valence-corrected chi connectivity index (χ0v) is 14.0. The van der Waals surface area contributed by atoms with E-state index in [1.807, 2.05) is 0 Å². The minimum absolute atomic E-state index is 0.0263. The van der Waals surface area contributed by atoms with E-state index in [9.17, 15) is 4.79 Å². The number of amides is 1. The second-order valence-electron chi connectivity index (χ2n) is 5.87. The van der Waals surface area contributed by atoms with E-state index < -0.39 is 0 Å². The molecule has 0 saturated carbocycles. The van der Waals surface area contributed by atoms with Gasteiger partial charge < -0.3 is 9.80 Å². The van der Waals surface area contributed by atoms with Crippen molar-refractivity contribution < 1.29 is 4.79 Å². The number of carbonyl (C=O) groups is 1. The first-order valence-corrected chi connectivity index (χ1v) is 8.37. The third-order valence-corrected chi connectivity index (χ3v) is 4.66. The van der Waals surface area contributed by atoms with Crippen LogP contribution >= 0.6 is 0 Å². The molecule has 1 aliphatic heterocycles. The molecular weight excluding hydrogens is 250 g/mol. The number of rotatable bonds is 9. The second-order valence-corrected chi connectivity index (χ2v) is 5.87. The highest BCUT2D eigenvalue weighted by molar-refractivity contribution is 5.84. The van der Waals surface area contributed by atoms with Crippen molar-refractivity contribution in [3.8, 4) is 0 Å². The van der Waals surface area contributed by atoms with Crippen LogP contribution in [0.2, 0.25) is 0 Å². The predicted octanol–water partition coefficient (Wildman–Crippen LogP) is 2.30. The van der Waals surface area contributed by atoms with Crippen molar-refractivity contribution in [3.63, 3.8) is 0 Å². The Labute approximate surface area is 124 Å². The Bertz CT molecular complexity index is 291. The SMILES string of the molecule is CCC(C)C1NC(CC)N(CCCN(CC)CC)C1=O. The van der Waals surface area contributed by atoms with Crippen LogP contribution in [0.5, 0.6) is 0 Å². The van der Waals surface area contributed by atoms with Crippen LogP contribution in [0.15, 0.2) is 0 Å². The fraction of sp³-hybridized carbons (Fsp3) is 0.938. The molecule has 0 aromatic rings. The van der Waals surface area contributed by atoms with Crippen LogP contribution in [-0.4, -0.2) is 54.1 Å². The maximum Gasteiger partial charge on any atom is 0.241 e. The predicted molar refractivity (Wildman–Crippen MR) is 84.6 cm³/mol. The molecule has 1 amide bonds. The first kappa shape index (κ1) is 17.4. The lowest BCUT2D eigenvalue weighted by Gasteiger charge is -2.25. The lowest BCUT2D eigenvalue weighted by molar-refractivity contribution is -0.131. The summed E-state index contributed by atoms with van der Waals surface area (Å²) >= 11 is 0. The van der Waals surface area contributed by atoms with Crippen LogP contribution < -0.4 is 5.32 Å². The summed E-state index contributed by atoms with van der Waals surface area (Å²) in [4.78, 5) is 17.0. The lowest BCUT2D eigenvalue weighted by Crippen LogP contribution is -2.38. The van der Waals surface area contributed by atoms with E-state index >= 15 is 0 Å². The molecular formula is C16H33N3O. The van der Waals surface area contributed by atoms with Gasteiger partial charge in [0.2, 0.25) is 5.91 Å². The van der Waals surface area contributed by atoms with Gasteiger partial charge in [-0.3, -0.25) is 10.1 Å². The molecule has 4 heteroatoms. The van der Waals surface area contributed by atoms with Crippen LogP contribution in [0, 0.1) is 5.92 Å². The quantitative estimate of drug-likeness (QED) is 0.705. The molecule has 4 nitrogen and oxygen atoms in total. The molecule has 0 aliphatic carbocycles. The Hall–Kier alpha value is -0.610. The summed E-state index contributed by atoms with van der Waals surface area (Å²) in [5, 5.41) is 3.52. The number of nitrogens with zero attached hydrogens (tertiary/aromatic N) is 2. The minimum atomic E-state index is 0.0263. The maximum atomic E-state index is 12.5. The third-order valence-electron chi connectivity index (χ3n) is 4.66. The van der Waals surface area contributed by atoms with Gasteiger partial charge in [0.1, 0.15) is 0 Å². The first-order valence-electron chi connectivity index (χ1n) is 8.37. The first-order chi connectivity index (χ1) is 9.58. The van der Waals surface area contributed by atoms with Gasteiger partial charge in [0.25, 0.3) is 0 Å². The number of nitrogens with one attached hydrogen (secondary N) is 1. The maximum absolute atomic E-state index is 12.5. The lowest BCUT2D eigenvalue weighted by atomic mass is 9.99. The fourth-order valence-electron chi connectivity index (χ4n) is 2.95. The normalized spacial score (nSPS) is 24.7. The molecule has 1 rings (SSSR count). The smallest absolute Gasteiger partial charge is 0.241 e. The summed E-state index contributed by atoms with van der Waals surface area (Å²) in [6.07, 6.45) is 3.34. The number of carbonyl (C=O) groups excluding carboxylic acids is 1. The molecule has 1 heterocycles. The number of hydrogen-bond acceptors (Lipinski definition) is 3. The van der Waals surface area contributed by atoms with Crippen molar-refractivity contribution in [2.75, 3.05) is 26.2 Å². The Balaban J connectivity index is 2.52. The van der Waals surface area contributed by atoms with Gasteiger partial charge in [-0.05, 0) is 38.4 Å². The molecule has 0 radical (unpaired) electrons. The monoisotopic (exact) mass is 283 g/mol. The summed E-state index contributed by atoms with van der Waals surface area (Å²) < 4.78 is 0. The summed E-state index contributed by atoms with van der Waals surface area (Å²) in [7, 11) is 0. The minimum Gasteiger partial charge on any atom is -0.326 e. The van der Waals surface area contributed by atoms with Gasteiger partial charge in [0, 0.05) is 6.54 Å². The standard InChI is InChI=1S/C16H33N3O/c1-6-13(5)15-16(20)19(14(7-2)17-15)12-10-11-18(8-3)9-4/h13-15,17H,6-12H2,1-5H3. The molecule has 1 saturated heterocycles. The van der Waals surface area contributed by atoms with Gasteiger partial charge in [0.15, 0.2) is 0 Å². The Morgan fingerprint density at radius 3 is 2.40 bits per heavy atom. The van der Waals surface area contributed by atoms with Crippen molar-refractivity contribution >= 4 is 5.91 Å². The van der Waals surface area contributed by atoms with Gasteiger partial charge in [-0.1, -0.05) is 41.0 Å². The zero-order valence-electron chi connectivity index (χ0n) is 14.0. The average Bonchev–Trinajstić information content (AvgIpc) is 2.79. The summed E-state index contributed by atoms with van der Waals surface area (Å²) in [5.74, 6) is 0.732. The molecule has 1 aliphatic rings. The highest BCUT2D eigenvalue weighted by Gasteiger charge is 2.39. The van der Waals surface area contributed by atoms with Gasteiger partial charge >= 0.3 is 0 Å². The van der Waals surface area contributed by atoms with Crippen molar-refractivity contribution in [1.29, 1.82) is 0 Å². The Morgan fingerprint density at radius 1 is 1.25 bits per heavy atom. The molecule has 0 aromatic heterocycles. The molecule has 0 aromatic carbocycles. The molecule has 20 heavy (non-hydrogen) atoms. The van der Waals surface area contributed by atoms with Crippen LogP contribution in [0.25, 0.3) is 0 Å². The summed E-state index contributed by atoms with van der Waals surface area (Å²) in [6.45, 7) is 15.0. The molecule has 1 fully saturated rings. The third kappa shape index (κ3) is 4.19.